The van der Waals surface area contributed by atoms with Crippen LogP contribution in [0.4, 0.5) is 11.4 Å². The zero-order valence-electron chi connectivity index (χ0n) is 21.0. The van der Waals surface area contributed by atoms with Crippen LogP contribution < -0.4 is 10.2 Å². The van der Waals surface area contributed by atoms with Crippen LogP contribution in [-0.2, 0) is 0 Å². The van der Waals surface area contributed by atoms with E-state index in [4.69, 9.17) is 0 Å². The zero-order chi connectivity index (χ0) is 24.9. The minimum atomic E-state index is -0.102. The third kappa shape index (κ3) is 6.13. The first-order chi connectivity index (χ1) is 16.8. The van der Waals surface area contributed by atoms with Crippen LogP contribution in [0.3, 0.4) is 0 Å². The van der Waals surface area contributed by atoms with Crippen LogP contribution in [0.1, 0.15) is 41.4 Å². The first-order valence-electron chi connectivity index (χ1n) is 12.2. The molecule has 0 aromatic heterocycles. The summed E-state index contributed by atoms with van der Waals surface area (Å²) in [5.41, 5.74) is 4.88. The molecular weight excluding hydrogens is 500 g/mol. The lowest BCUT2D eigenvalue weighted by Crippen LogP contribution is -2.50. The summed E-state index contributed by atoms with van der Waals surface area (Å²) in [6.07, 6.45) is 0. The number of nitrogens with one attached hydrogen (secondary N) is 1. The Kier molecular flexibility index (Phi) is 8.26. The number of nitrogens with zero attached hydrogens (tertiary/aromatic N) is 3. The van der Waals surface area contributed by atoms with Gasteiger partial charge in [-0.2, -0.15) is 0 Å². The molecule has 0 spiro atoms. The Bertz CT molecular complexity index is 1120. The maximum atomic E-state index is 13.2. The fourth-order valence-electron chi connectivity index (χ4n) is 4.71. The van der Waals surface area contributed by atoms with Gasteiger partial charge < -0.3 is 10.2 Å². The highest BCUT2D eigenvalue weighted by molar-refractivity contribution is 9.10. The topological polar surface area (TPSA) is 38.8 Å². The van der Waals surface area contributed by atoms with Gasteiger partial charge in [-0.05, 0) is 67.4 Å². The van der Waals surface area contributed by atoms with E-state index >= 15 is 0 Å². The van der Waals surface area contributed by atoms with E-state index in [1.807, 2.05) is 55.4 Å². The summed E-state index contributed by atoms with van der Waals surface area (Å²) in [4.78, 5) is 20.3. The van der Waals surface area contributed by atoms with Gasteiger partial charge in [0, 0.05) is 67.7 Å². The summed E-state index contributed by atoms with van der Waals surface area (Å²) in [6.45, 7) is 8.55. The van der Waals surface area contributed by atoms with E-state index in [0.29, 0.717) is 11.6 Å². The standard InChI is InChI=1S/C29H35BrN4O/c1-21(2)33-16-18-34(19-17-33)28(22-8-6-5-7-9-22)26-20-24(30)12-15-27(26)31-29(35)23-10-13-25(14-11-23)32(3)4/h5-15,20-21,28H,16-19H2,1-4H3,(H,31,35). The van der Waals surface area contributed by atoms with Crippen molar-refractivity contribution >= 4 is 33.2 Å². The molecule has 35 heavy (non-hydrogen) atoms. The maximum absolute atomic E-state index is 13.2. The van der Waals surface area contributed by atoms with E-state index in [9.17, 15) is 4.79 Å². The molecule has 5 nitrogen and oxygen atoms in total. The fraction of sp³-hybridized carbons (Fsp3) is 0.345. The Morgan fingerprint density at radius 3 is 2.11 bits per heavy atom. The first-order valence-corrected chi connectivity index (χ1v) is 13.0. The fourth-order valence-corrected chi connectivity index (χ4v) is 5.09. The number of rotatable bonds is 7. The molecule has 1 N–H and O–H groups in total. The highest BCUT2D eigenvalue weighted by atomic mass is 79.9. The van der Waals surface area contributed by atoms with Gasteiger partial charge in [-0.25, -0.2) is 0 Å². The van der Waals surface area contributed by atoms with Crippen LogP contribution in [0.5, 0.6) is 0 Å². The smallest absolute Gasteiger partial charge is 0.255 e. The second-order valence-electron chi connectivity index (χ2n) is 9.61. The van der Waals surface area contributed by atoms with E-state index < -0.39 is 0 Å². The van der Waals surface area contributed by atoms with E-state index in [0.717, 1.165) is 47.6 Å². The number of carbonyl (C=O) groups is 1. The molecule has 0 radical (unpaired) electrons. The summed E-state index contributed by atoms with van der Waals surface area (Å²) in [5.74, 6) is -0.102. The number of hydrogen-bond donors (Lipinski definition) is 1. The Labute approximate surface area is 217 Å². The van der Waals surface area contributed by atoms with Crippen molar-refractivity contribution in [2.75, 3.05) is 50.5 Å². The molecule has 1 unspecified atom stereocenters. The molecule has 1 fully saturated rings. The molecular formula is C29H35BrN4O. The number of carbonyl (C=O) groups excluding carboxylic acids is 1. The van der Waals surface area contributed by atoms with Crippen LogP contribution in [-0.4, -0.2) is 62.0 Å². The van der Waals surface area contributed by atoms with Crippen molar-refractivity contribution < 1.29 is 4.79 Å². The van der Waals surface area contributed by atoms with E-state index in [-0.39, 0.29) is 11.9 Å². The monoisotopic (exact) mass is 534 g/mol. The Hall–Kier alpha value is -2.67. The van der Waals surface area contributed by atoms with Crippen molar-refractivity contribution in [1.29, 1.82) is 0 Å². The molecule has 3 aromatic rings. The number of anilines is 2. The maximum Gasteiger partial charge on any atom is 0.255 e. The molecule has 0 saturated carbocycles. The van der Waals surface area contributed by atoms with E-state index in [1.165, 1.54) is 5.56 Å². The summed E-state index contributed by atoms with van der Waals surface area (Å²) in [6, 6.07) is 25.1. The minimum Gasteiger partial charge on any atom is -0.378 e. The summed E-state index contributed by atoms with van der Waals surface area (Å²) >= 11 is 3.68. The van der Waals surface area contributed by atoms with Crippen molar-refractivity contribution in [1.82, 2.24) is 9.80 Å². The quantitative estimate of drug-likeness (QED) is 0.410. The lowest BCUT2D eigenvalue weighted by atomic mass is 9.94. The van der Waals surface area contributed by atoms with Gasteiger partial charge in [0.1, 0.15) is 0 Å². The van der Waals surface area contributed by atoms with Crippen LogP contribution in [0, 0.1) is 0 Å². The van der Waals surface area contributed by atoms with Crippen molar-refractivity contribution in [3.63, 3.8) is 0 Å². The van der Waals surface area contributed by atoms with Gasteiger partial charge in [-0.3, -0.25) is 14.6 Å². The number of hydrogen-bond acceptors (Lipinski definition) is 4. The molecule has 1 atom stereocenters. The van der Waals surface area contributed by atoms with Crippen molar-refractivity contribution in [3.05, 3.63) is 94.0 Å². The van der Waals surface area contributed by atoms with Gasteiger partial charge in [-0.1, -0.05) is 46.3 Å². The van der Waals surface area contributed by atoms with Gasteiger partial charge in [0.2, 0.25) is 0 Å². The number of piperazine rings is 1. The Morgan fingerprint density at radius 1 is 0.886 bits per heavy atom. The first kappa shape index (κ1) is 25.4. The average Bonchev–Trinajstić information content (AvgIpc) is 2.86. The molecule has 3 aromatic carbocycles. The lowest BCUT2D eigenvalue weighted by Gasteiger charge is -2.41. The van der Waals surface area contributed by atoms with Crippen molar-refractivity contribution in [2.24, 2.45) is 0 Å². The number of benzene rings is 3. The average molecular weight is 536 g/mol. The van der Waals surface area contributed by atoms with Crippen LogP contribution in [0.25, 0.3) is 0 Å². The second kappa shape index (κ2) is 11.4. The molecule has 1 saturated heterocycles. The molecule has 4 rings (SSSR count). The molecule has 1 amide bonds. The summed E-state index contributed by atoms with van der Waals surface area (Å²) < 4.78 is 1.00. The van der Waals surface area contributed by atoms with Gasteiger partial charge in [-0.15, -0.1) is 0 Å². The summed E-state index contributed by atoms with van der Waals surface area (Å²) in [5, 5.41) is 3.21. The largest absolute Gasteiger partial charge is 0.378 e. The van der Waals surface area contributed by atoms with Crippen molar-refractivity contribution in [2.45, 2.75) is 25.9 Å². The van der Waals surface area contributed by atoms with Crippen LogP contribution in [0.2, 0.25) is 0 Å². The highest BCUT2D eigenvalue weighted by Crippen LogP contribution is 2.36. The lowest BCUT2D eigenvalue weighted by molar-refractivity contribution is 0.0893. The molecule has 0 bridgehead atoms. The Balaban J connectivity index is 1.66. The van der Waals surface area contributed by atoms with Crippen LogP contribution in [0.15, 0.2) is 77.3 Å². The van der Waals surface area contributed by atoms with Gasteiger partial charge in [0.15, 0.2) is 0 Å². The predicted octanol–water partition coefficient (Wildman–Crippen LogP) is 5.88. The van der Waals surface area contributed by atoms with Gasteiger partial charge in [0.05, 0.1) is 6.04 Å². The highest BCUT2D eigenvalue weighted by Gasteiger charge is 2.29. The number of halogens is 1. The van der Waals surface area contributed by atoms with Gasteiger partial charge in [0.25, 0.3) is 5.91 Å². The van der Waals surface area contributed by atoms with E-state index in [2.05, 4.69) is 81.3 Å². The molecule has 184 valence electrons. The van der Waals surface area contributed by atoms with Crippen LogP contribution >= 0.6 is 15.9 Å². The molecule has 0 aliphatic carbocycles. The number of amides is 1. The molecule has 1 aliphatic heterocycles. The molecule has 1 heterocycles. The molecule has 6 heteroatoms. The van der Waals surface area contributed by atoms with Crippen molar-refractivity contribution in [3.8, 4) is 0 Å². The third-order valence-corrected chi connectivity index (χ3v) is 7.26. The molecule has 1 aliphatic rings. The Morgan fingerprint density at radius 2 is 1.51 bits per heavy atom. The predicted molar refractivity (Wildman–Crippen MR) is 149 cm³/mol. The summed E-state index contributed by atoms with van der Waals surface area (Å²) in [7, 11) is 3.99. The third-order valence-electron chi connectivity index (χ3n) is 6.76. The SMILES string of the molecule is CC(C)N1CCN(C(c2ccccc2)c2cc(Br)ccc2NC(=O)c2ccc(N(C)C)cc2)CC1. The second-order valence-corrected chi connectivity index (χ2v) is 10.5. The minimum absolute atomic E-state index is 0.0504. The van der Waals surface area contributed by atoms with E-state index in [1.54, 1.807) is 0 Å². The van der Waals surface area contributed by atoms with Gasteiger partial charge >= 0.3 is 0 Å². The normalized spacial score (nSPS) is 15.7. The zero-order valence-corrected chi connectivity index (χ0v) is 22.6.